The van der Waals surface area contributed by atoms with E-state index in [0.717, 1.165) is 11.4 Å². The lowest BCUT2D eigenvalue weighted by molar-refractivity contribution is 0.922. The highest BCUT2D eigenvalue weighted by atomic mass is 32.1. The third-order valence-electron chi connectivity index (χ3n) is 3.19. The van der Waals surface area contributed by atoms with Gasteiger partial charge in [-0.2, -0.15) is 0 Å². The maximum absolute atomic E-state index is 4.35. The molecule has 0 saturated heterocycles. The Labute approximate surface area is 111 Å². The molecule has 0 N–H and O–H groups in total. The van der Waals surface area contributed by atoms with Crippen LogP contribution in [0.3, 0.4) is 0 Å². The van der Waals surface area contributed by atoms with Crippen molar-refractivity contribution in [1.82, 2.24) is 9.38 Å². The number of hydrogen-bond acceptors (Lipinski definition) is 2. The van der Waals surface area contributed by atoms with E-state index in [1.807, 2.05) is 12.4 Å². The van der Waals surface area contributed by atoms with E-state index < -0.39 is 0 Å². The van der Waals surface area contributed by atoms with Crippen molar-refractivity contribution in [3.8, 4) is 11.3 Å². The summed E-state index contributed by atoms with van der Waals surface area (Å²) >= 11 is 1.75. The number of aromatic nitrogens is 2. The summed E-state index contributed by atoms with van der Waals surface area (Å²) < 4.78 is 2.18. The third-order valence-corrected chi connectivity index (χ3v) is 4.18. The fourth-order valence-corrected chi connectivity index (χ4v) is 3.30. The molecule has 2 nitrogen and oxygen atoms in total. The van der Waals surface area contributed by atoms with Crippen molar-refractivity contribution in [3.63, 3.8) is 0 Å². The molecule has 3 aromatic rings. The van der Waals surface area contributed by atoms with Gasteiger partial charge < -0.3 is 0 Å². The number of thiazole rings is 1. The van der Waals surface area contributed by atoms with Crippen LogP contribution in [0.5, 0.6) is 0 Å². The highest BCUT2D eigenvalue weighted by molar-refractivity contribution is 7.17. The molecule has 0 saturated carbocycles. The second-order valence-corrected chi connectivity index (χ2v) is 5.72. The molecule has 1 aromatic carbocycles. The number of fused-ring (bicyclic) bond motifs is 1. The van der Waals surface area contributed by atoms with Crippen molar-refractivity contribution < 1.29 is 0 Å². The largest absolute Gasteiger partial charge is 0.290 e. The molecule has 3 heteroatoms. The lowest BCUT2D eigenvalue weighted by Crippen LogP contribution is -1.88. The van der Waals surface area contributed by atoms with Crippen LogP contribution in [0, 0.1) is 6.92 Å². The summed E-state index contributed by atoms with van der Waals surface area (Å²) in [4.78, 5) is 6.74. The summed E-state index contributed by atoms with van der Waals surface area (Å²) in [6, 6.07) is 8.91. The number of benzene rings is 1. The lowest BCUT2D eigenvalue weighted by Gasteiger charge is -2.04. The normalized spacial score (nSPS) is 11.2. The first-order valence-corrected chi connectivity index (χ1v) is 7.13. The van der Waals surface area contributed by atoms with Gasteiger partial charge in [0.05, 0.1) is 5.69 Å². The molecule has 0 atom stereocenters. The van der Waals surface area contributed by atoms with Gasteiger partial charge in [0, 0.05) is 17.3 Å². The van der Waals surface area contributed by atoms with Crippen molar-refractivity contribution in [3.05, 3.63) is 47.1 Å². The van der Waals surface area contributed by atoms with Gasteiger partial charge >= 0.3 is 0 Å². The molecule has 2 aromatic heterocycles. The second-order valence-electron chi connectivity index (χ2n) is 4.53. The van der Waals surface area contributed by atoms with E-state index in [4.69, 9.17) is 0 Å². The molecule has 0 fully saturated rings. The third kappa shape index (κ3) is 1.85. The van der Waals surface area contributed by atoms with E-state index in [-0.39, 0.29) is 0 Å². The first kappa shape index (κ1) is 11.5. The number of hydrogen-bond donors (Lipinski definition) is 0. The first-order chi connectivity index (χ1) is 8.79. The Morgan fingerprint density at radius 3 is 2.72 bits per heavy atom. The lowest BCUT2D eigenvalue weighted by atomic mass is 10.1. The first-order valence-electron chi connectivity index (χ1n) is 6.31. The molecule has 0 amide bonds. The molecule has 0 aliphatic carbocycles. The highest BCUT2D eigenvalue weighted by Crippen LogP contribution is 2.30. The molecule has 18 heavy (non-hydrogen) atoms. The van der Waals surface area contributed by atoms with Crippen LogP contribution in [0.15, 0.2) is 36.7 Å². The smallest absolute Gasteiger partial charge is 0.194 e. The monoisotopic (exact) mass is 256 g/mol. The van der Waals surface area contributed by atoms with E-state index in [2.05, 4.69) is 47.5 Å². The van der Waals surface area contributed by atoms with Gasteiger partial charge in [-0.3, -0.25) is 4.40 Å². The van der Waals surface area contributed by atoms with Crippen molar-refractivity contribution in [2.45, 2.75) is 26.7 Å². The summed E-state index contributed by atoms with van der Waals surface area (Å²) in [6.07, 6.45) is 6.25. The van der Waals surface area contributed by atoms with E-state index in [9.17, 15) is 0 Å². The van der Waals surface area contributed by atoms with Crippen molar-refractivity contribution >= 4 is 16.3 Å². The van der Waals surface area contributed by atoms with Gasteiger partial charge in [0.25, 0.3) is 0 Å². The molecule has 0 bridgehead atoms. The van der Waals surface area contributed by atoms with E-state index in [1.54, 1.807) is 11.3 Å². The summed E-state index contributed by atoms with van der Waals surface area (Å²) in [5.41, 5.74) is 3.96. The topological polar surface area (TPSA) is 17.3 Å². The van der Waals surface area contributed by atoms with Crippen LogP contribution in [0.1, 0.15) is 23.8 Å². The summed E-state index contributed by atoms with van der Waals surface area (Å²) in [5.74, 6) is 0. The molecule has 2 heterocycles. The molecule has 0 unspecified atom stereocenters. The van der Waals surface area contributed by atoms with Gasteiger partial charge in [0.2, 0.25) is 0 Å². The van der Waals surface area contributed by atoms with Crippen molar-refractivity contribution in [2.75, 3.05) is 0 Å². The molecule has 3 rings (SSSR count). The fraction of sp³-hybridized carbons (Fsp3) is 0.267. The standard InChI is InChI=1S/C15H16N2S/c1-3-4-12-5-7-13(8-6-12)14-11(2)18-15-16-9-10-17(14)15/h5-10H,3-4H2,1-2H3. The van der Waals surface area contributed by atoms with E-state index in [1.165, 1.54) is 28.1 Å². The predicted molar refractivity (Wildman–Crippen MR) is 77.2 cm³/mol. The highest BCUT2D eigenvalue weighted by Gasteiger charge is 2.10. The Hall–Kier alpha value is -1.61. The quantitative estimate of drug-likeness (QED) is 0.682. The Morgan fingerprint density at radius 1 is 1.22 bits per heavy atom. The van der Waals surface area contributed by atoms with Crippen LogP contribution < -0.4 is 0 Å². The van der Waals surface area contributed by atoms with Crippen LogP contribution in [-0.2, 0) is 6.42 Å². The Bertz CT molecular complexity index is 661. The molecule has 92 valence electrons. The zero-order chi connectivity index (χ0) is 12.5. The van der Waals surface area contributed by atoms with Crippen LogP contribution in [0.25, 0.3) is 16.2 Å². The maximum Gasteiger partial charge on any atom is 0.194 e. The average Bonchev–Trinajstić information content (AvgIpc) is 2.91. The number of imidazole rings is 1. The minimum Gasteiger partial charge on any atom is -0.290 e. The Morgan fingerprint density at radius 2 is 2.00 bits per heavy atom. The maximum atomic E-state index is 4.35. The van der Waals surface area contributed by atoms with Gasteiger partial charge in [0.15, 0.2) is 4.96 Å². The average molecular weight is 256 g/mol. The minimum atomic E-state index is 1.07. The molecular formula is C15H16N2S. The van der Waals surface area contributed by atoms with Crippen molar-refractivity contribution in [1.29, 1.82) is 0 Å². The SMILES string of the molecule is CCCc1ccc(-c2c(C)sc3nccn23)cc1. The van der Waals surface area contributed by atoms with E-state index in [0.29, 0.717) is 0 Å². The Kier molecular flexibility index (Phi) is 2.92. The minimum absolute atomic E-state index is 1.07. The van der Waals surface area contributed by atoms with Crippen LogP contribution >= 0.6 is 11.3 Å². The zero-order valence-corrected chi connectivity index (χ0v) is 11.5. The molecule has 0 spiro atoms. The summed E-state index contributed by atoms with van der Waals surface area (Å²) in [7, 11) is 0. The summed E-state index contributed by atoms with van der Waals surface area (Å²) in [6.45, 7) is 4.38. The number of aryl methyl sites for hydroxylation is 2. The van der Waals surface area contributed by atoms with Gasteiger partial charge in [0.1, 0.15) is 0 Å². The molecule has 0 radical (unpaired) electrons. The van der Waals surface area contributed by atoms with Crippen LogP contribution in [0.4, 0.5) is 0 Å². The summed E-state index contributed by atoms with van der Waals surface area (Å²) in [5, 5.41) is 0. The number of nitrogens with zero attached hydrogens (tertiary/aromatic N) is 2. The second kappa shape index (κ2) is 4.58. The van der Waals surface area contributed by atoms with Gasteiger partial charge in [-0.1, -0.05) is 37.6 Å². The molecule has 0 aliphatic rings. The van der Waals surface area contributed by atoms with Gasteiger partial charge in [-0.25, -0.2) is 4.98 Å². The van der Waals surface area contributed by atoms with Gasteiger partial charge in [-0.05, 0) is 24.5 Å². The zero-order valence-electron chi connectivity index (χ0n) is 10.7. The molecular weight excluding hydrogens is 240 g/mol. The molecule has 0 aliphatic heterocycles. The van der Waals surface area contributed by atoms with Crippen LogP contribution in [0.2, 0.25) is 0 Å². The fourth-order valence-electron chi connectivity index (χ4n) is 2.35. The number of rotatable bonds is 3. The van der Waals surface area contributed by atoms with E-state index >= 15 is 0 Å². The Balaban J connectivity index is 2.08. The van der Waals surface area contributed by atoms with Gasteiger partial charge in [-0.15, -0.1) is 11.3 Å². The van der Waals surface area contributed by atoms with Crippen molar-refractivity contribution in [2.24, 2.45) is 0 Å². The predicted octanol–water partition coefficient (Wildman–Crippen LogP) is 4.32. The van der Waals surface area contributed by atoms with Crippen LogP contribution in [-0.4, -0.2) is 9.38 Å².